The summed E-state index contributed by atoms with van der Waals surface area (Å²) in [6.07, 6.45) is 6.83. The zero-order valence-corrected chi connectivity index (χ0v) is 33.1. The largest absolute Gasteiger partial charge is 0.494 e. The normalized spacial score (nSPS) is 29.5. The van der Waals surface area contributed by atoms with Crippen LogP contribution in [0, 0.1) is 17.8 Å². The number of aromatic nitrogens is 1. The van der Waals surface area contributed by atoms with Gasteiger partial charge in [-0.2, -0.15) is 0 Å². The second-order valence-corrected chi connectivity index (χ2v) is 18.3. The Bertz CT molecular complexity index is 1930. The van der Waals surface area contributed by atoms with E-state index in [0.29, 0.717) is 36.8 Å². The van der Waals surface area contributed by atoms with Gasteiger partial charge in [0.1, 0.15) is 35.1 Å². The van der Waals surface area contributed by atoms with Crippen LogP contribution >= 0.6 is 0 Å². The molecule has 3 N–H and O–H groups in total. The van der Waals surface area contributed by atoms with Gasteiger partial charge in [-0.15, -0.1) is 0 Å². The molecule has 2 aliphatic heterocycles. The summed E-state index contributed by atoms with van der Waals surface area (Å²) in [5, 5.41) is 6.48. The number of amides is 4. The topological polar surface area (TPSA) is 192 Å². The Morgan fingerprint density at radius 1 is 1.07 bits per heavy atom. The van der Waals surface area contributed by atoms with Crippen LogP contribution in [0.25, 0.3) is 10.8 Å². The molecule has 55 heavy (non-hydrogen) atoms. The molecule has 0 spiro atoms. The molecule has 0 unspecified atom stereocenters. The molecule has 1 aromatic heterocycles. The van der Waals surface area contributed by atoms with Crippen LogP contribution < -0.4 is 24.8 Å². The van der Waals surface area contributed by atoms with Crippen molar-refractivity contribution >= 4 is 44.6 Å². The summed E-state index contributed by atoms with van der Waals surface area (Å²) in [5.41, 5.74) is -2.38. The zero-order valence-electron chi connectivity index (χ0n) is 32.3. The van der Waals surface area contributed by atoms with Gasteiger partial charge in [0.25, 0.3) is 5.91 Å². The summed E-state index contributed by atoms with van der Waals surface area (Å²) in [4.78, 5) is 62.5. The minimum atomic E-state index is -3.91. The van der Waals surface area contributed by atoms with Gasteiger partial charge in [0, 0.05) is 36.1 Å². The van der Waals surface area contributed by atoms with E-state index >= 15 is 0 Å². The number of hydrogen-bond acceptors (Lipinski definition) is 11. The van der Waals surface area contributed by atoms with Crippen LogP contribution in [0.15, 0.2) is 42.6 Å². The van der Waals surface area contributed by atoms with Gasteiger partial charge in [-0.3, -0.25) is 19.1 Å². The summed E-state index contributed by atoms with van der Waals surface area (Å²) < 4.78 is 51.2. The number of fused-ring (bicyclic) bond motifs is 3. The molecule has 1 saturated heterocycles. The first-order valence-electron chi connectivity index (χ1n) is 19.0. The van der Waals surface area contributed by atoms with Crippen molar-refractivity contribution in [1.82, 2.24) is 25.2 Å². The summed E-state index contributed by atoms with van der Waals surface area (Å²) >= 11 is 0. The summed E-state index contributed by atoms with van der Waals surface area (Å²) in [6.45, 7) is 7.30. The first-order chi connectivity index (χ1) is 26.0. The predicted octanol–water partition coefficient (Wildman–Crippen LogP) is 3.61. The lowest BCUT2D eigenvalue weighted by Crippen LogP contribution is -2.59. The third kappa shape index (κ3) is 9.17. The number of methoxy groups -OCH3 is 2. The molecule has 3 fully saturated rings. The molecule has 2 saturated carbocycles. The van der Waals surface area contributed by atoms with E-state index in [2.05, 4.69) is 27.3 Å². The average molecular weight is 784 g/mol. The van der Waals surface area contributed by atoms with E-state index in [1.54, 1.807) is 34.1 Å². The average Bonchev–Trinajstić information content (AvgIpc) is 4.05. The lowest BCUT2D eigenvalue weighted by molar-refractivity contribution is -0.142. The van der Waals surface area contributed by atoms with E-state index in [9.17, 15) is 27.6 Å². The summed E-state index contributed by atoms with van der Waals surface area (Å²) in [7, 11) is -0.839. The van der Waals surface area contributed by atoms with Crippen molar-refractivity contribution in [2.24, 2.45) is 17.8 Å². The fourth-order valence-electron chi connectivity index (χ4n) is 7.68. The Morgan fingerprint density at radius 2 is 1.80 bits per heavy atom. The first kappa shape index (κ1) is 40.2. The first-order valence-corrected chi connectivity index (χ1v) is 20.5. The van der Waals surface area contributed by atoms with Crippen molar-refractivity contribution in [3.8, 4) is 11.6 Å². The van der Waals surface area contributed by atoms with Crippen LogP contribution in [-0.4, -0.2) is 104 Å². The highest BCUT2D eigenvalue weighted by Gasteiger charge is 2.62. The highest BCUT2D eigenvalue weighted by molar-refractivity contribution is 7.91. The maximum Gasteiger partial charge on any atom is 0.408 e. The van der Waals surface area contributed by atoms with Crippen molar-refractivity contribution in [2.75, 3.05) is 27.4 Å². The molecular formula is C39H53N5O10S. The lowest BCUT2D eigenvalue weighted by Gasteiger charge is -2.34. The molecule has 2 aromatic rings. The monoisotopic (exact) mass is 783 g/mol. The van der Waals surface area contributed by atoms with Crippen LogP contribution in [0.5, 0.6) is 11.6 Å². The van der Waals surface area contributed by atoms with Gasteiger partial charge in [-0.1, -0.05) is 37.3 Å². The van der Waals surface area contributed by atoms with Crippen molar-refractivity contribution in [1.29, 1.82) is 0 Å². The number of pyridine rings is 1. The molecule has 6 rings (SSSR count). The Kier molecular flexibility index (Phi) is 11.7. The SMILES string of the molecule is COC[C@@H]1C[C@@H](C)CC/C=C\[C@@H]2C[C@@]2(C(=O)NS(=O)(=O)C2CC2)NC(=O)[C@@H]2C[C@@H](Oc3ncc(OC)c4ccccc34)CN2C(=O)[C@H]1NC(=O)OC(C)(C)C. The molecule has 16 heteroatoms. The molecule has 1 aromatic carbocycles. The van der Waals surface area contributed by atoms with Crippen molar-refractivity contribution in [3.05, 3.63) is 42.6 Å². The number of benzene rings is 1. The number of ether oxygens (including phenoxy) is 4. The second kappa shape index (κ2) is 16.0. The van der Waals surface area contributed by atoms with Crippen LogP contribution in [0.4, 0.5) is 4.79 Å². The Balaban J connectivity index is 1.37. The highest BCUT2D eigenvalue weighted by Crippen LogP contribution is 2.46. The van der Waals surface area contributed by atoms with Gasteiger partial charge in [0.05, 0.1) is 31.7 Å². The van der Waals surface area contributed by atoms with E-state index in [1.807, 2.05) is 36.4 Å². The molecule has 300 valence electrons. The molecular weight excluding hydrogens is 731 g/mol. The van der Waals surface area contributed by atoms with Gasteiger partial charge in [-0.25, -0.2) is 18.2 Å². The maximum absolute atomic E-state index is 14.9. The molecule has 0 radical (unpaired) electrons. The standard InChI is InChI=1S/C39H53N5O10S/c1-23-11-7-8-12-25-19-39(25,36(47)43-55(49,50)27-15-16-27)42-33(45)30-18-26(53-34-29-14-10-9-13-28(29)31(52-6)20-40-34)21-44(30)35(46)32(24(17-23)22-51-5)41-37(48)54-38(2,3)4/h8-10,12-14,20,23-27,30,32H,7,11,15-19,21-22H2,1-6H3,(H,41,48)(H,42,45)(H,43,47)/b12-8-/t23-,24-,25+,26+,30-,32-,39+/m0/s1. The molecule has 2 aliphatic carbocycles. The molecule has 4 amide bonds. The zero-order chi connectivity index (χ0) is 39.7. The quantitative estimate of drug-likeness (QED) is 0.315. The molecule has 7 atom stereocenters. The summed E-state index contributed by atoms with van der Waals surface area (Å²) in [5.74, 6) is -2.04. The third-order valence-electron chi connectivity index (χ3n) is 10.7. The minimum Gasteiger partial charge on any atom is -0.494 e. The van der Waals surface area contributed by atoms with E-state index in [-0.39, 0.29) is 37.8 Å². The number of nitrogens with zero attached hydrogens (tertiary/aromatic N) is 2. The van der Waals surface area contributed by atoms with Gasteiger partial charge < -0.3 is 34.5 Å². The number of sulfonamides is 1. The minimum absolute atomic E-state index is 0.0166. The van der Waals surface area contributed by atoms with E-state index in [1.165, 1.54) is 12.0 Å². The number of alkyl carbamates (subject to hydrolysis) is 1. The number of hydrogen-bond donors (Lipinski definition) is 3. The third-order valence-corrected chi connectivity index (χ3v) is 12.5. The van der Waals surface area contributed by atoms with Gasteiger partial charge in [-0.05, 0) is 71.3 Å². The predicted molar refractivity (Wildman–Crippen MR) is 203 cm³/mol. The van der Waals surface area contributed by atoms with Crippen molar-refractivity contribution in [3.63, 3.8) is 0 Å². The number of carbonyl (C=O) groups is 4. The van der Waals surface area contributed by atoms with Gasteiger partial charge in [0.2, 0.25) is 27.7 Å². The summed E-state index contributed by atoms with van der Waals surface area (Å²) in [6, 6.07) is 5.09. The number of allylic oxidation sites excluding steroid dienone is 1. The smallest absolute Gasteiger partial charge is 0.408 e. The van der Waals surface area contributed by atoms with E-state index in [0.717, 1.165) is 11.8 Å². The molecule has 15 nitrogen and oxygen atoms in total. The second-order valence-electron chi connectivity index (χ2n) is 16.3. The Hall–Kier alpha value is -4.44. The van der Waals surface area contributed by atoms with Gasteiger partial charge in [0.15, 0.2) is 0 Å². The fraction of sp³-hybridized carbons (Fsp3) is 0.615. The van der Waals surface area contributed by atoms with Crippen LogP contribution in [-0.2, 0) is 33.9 Å². The van der Waals surface area contributed by atoms with Crippen molar-refractivity contribution < 1.29 is 46.5 Å². The van der Waals surface area contributed by atoms with E-state index < -0.39 is 80.3 Å². The Labute approximate surface area is 322 Å². The van der Waals surface area contributed by atoms with Crippen molar-refractivity contribution in [2.45, 2.75) is 107 Å². The number of carbonyl (C=O) groups excluding carboxylic acids is 4. The van der Waals surface area contributed by atoms with Crippen LogP contribution in [0.3, 0.4) is 0 Å². The molecule has 4 aliphatic rings. The Morgan fingerprint density at radius 3 is 2.47 bits per heavy atom. The number of rotatable bonds is 9. The van der Waals surface area contributed by atoms with Crippen LogP contribution in [0.1, 0.15) is 72.6 Å². The van der Waals surface area contributed by atoms with Crippen LogP contribution in [0.2, 0.25) is 0 Å². The van der Waals surface area contributed by atoms with Gasteiger partial charge >= 0.3 is 6.09 Å². The number of nitrogens with one attached hydrogen (secondary N) is 3. The van der Waals surface area contributed by atoms with E-state index in [4.69, 9.17) is 18.9 Å². The molecule has 0 bridgehead atoms. The molecule has 3 heterocycles. The highest BCUT2D eigenvalue weighted by atomic mass is 32.2. The maximum atomic E-state index is 14.9. The lowest BCUT2D eigenvalue weighted by atomic mass is 9.87. The fourth-order valence-corrected chi connectivity index (χ4v) is 9.05.